The lowest BCUT2D eigenvalue weighted by Gasteiger charge is -2.31. The third kappa shape index (κ3) is 5.31. The van der Waals surface area contributed by atoms with Crippen LogP contribution >= 0.6 is 0 Å². The van der Waals surface area contributed by atoms with Crippen molar-refractivity contribution in [3.63, 3.8) is 0 Å². The molecule has 6 heteroatoms. The molecule has 0 saturated heterocycles. The van der Waals surface area contributed by atoms with E-state index in [1.165, 1.54) is 10.6 Å². The summed E-state index contributed by atoms with van der Waals surface area (Å²) in [5.74, 6) is 1.20. The summed E-state index contributed by atoms with van der Waals surface area (Å²) in [6, 6.07) is 11.8. The predicted octanol–water partition coefficient (Wildman–Crippen LogP) is 6.29. The molecule has 5 nitrogen and oxygen atoms in total. The van der Waals surface area contributed by atoms with E-state index in [-0.39, 0.29) is 5.75 Å². The van der Waals surface area contributed by atoms with Gasteiger partial charge in [0.2, 0.25) is 0 Å². The first-order valence-electron chi connectivity index (χ1n) is 10.6. The summed E-state index contributed by atoms with van der Waals surface area (Å²) in [6.07, 6.45) is 6.78. The maximum Gasteiger partial charge on any atom is 0.288 e. The minimum Gasteiger partial charge on any atom is -0.453 e. The first-order chi connectivity index (χ1) is 14.0. The Hall–Kier alpha value is -2.05. The van der Waals surface area contributed by atoms with Crippen molar-refractivity contribution in [3.8, 4) is 11.5 Å². The predicted molar refractivity (Wildman–Crippen MR) is 117 cm³/mol. The van der Waals surface area contributed by atoms with Crippen LogP contribution in [0.2, 0.25) is 0 Å². The van der Waals surface area contributed by atoms with Crippen LogP contribution in [0.25, 0.3) is 0 Å². The van der Waals surface area contributed by atoms with E-state index in [1.54, 1.807) is 0 Å². The molecule has 0 N–H and O–H groups in total. The van der Waals surface area contributed by atoms with Crippen LogP contribution in [-0.4, -0.2) is 14.2 Å². The standard InChI is InChI=1S/C23H31NO4S/c1-4-7-9-18-12-14-22-21(16-18)24(28-29(25,26)15-6-3)20-13-11-19(10-8-5-2)17-23(20)27-22/h11-14,16-17H,4-10,15H2,1-3H3. The first-order valence-corrected chi connectivity index (χ1v) is 12.2. The van der Waals surface area contributed by atoms with Gasteiger partial charge in [-0.3, -0.25) is 0 Å². The molecule has 0 bridgehead atoms. The van der Waals surface area contributed by atoms with Crippen molar-refractivity contribution in [3.05, 3.63) is 47.5 Å². The van der Waals surface area contributed by atoms with Crippen molar-refractivity contribution in [1.82, 2.24) is 0 Å². The Morgan fingerprint density at radius 2 is 1.48 bits per heavy atom. The second-order valence-electron chi connectivity index (χ2n) is 7.54. The highest BCUT2D eigenvalue weighted by Crippen LogP contribution is 2.48. The van der Waals surface area contributed by atoms with E-state index in [9.17, 15) is 8.42 Å². The van der Waals surface area contributed by atoms with E-state index >= 15 is 0 Å². The van der Waals surface area contributed by atoms with Crippen LogP contribution in [0, 0.1) is 0 Å². The van der Waals surface area contributed by atoms with Gasteiger partial charge in [-0.2, -0.15) is 13.5 Å². The van der Waals surface area contributed by atoms with E-state index in [1.807, 2.05) is 43.3 Å². The molecule has 0 unspecified atom stereocenters. The van der Waals surface area contributed by atoms with Crippen LogP contribution in [0.5, 0.6) is 11.5 Å². The number of hydrogen-bond acceptors (Lipinski definition) is 5. The lowest BCUT2D eigenvalue weighted by atomic mass is 10.0. The highest BCUT2D eigenvalue weighted by molar-refractivity contribution is 7.86. The number of anilines is 2. The van der Waals surface area contributed by atoms with Crippen molar-refractivity contribution in [2.45, 2.75) is 65.7 Å². The Bertz CT molecular complexity index is 940. The van der Waals surface area contributed by atoms with Crippen molar-refractivity contribution in [2.75, 3.05) is 10.8 Å². The van der Waals surface area contributed by atoms with Crippen molar-refractivity contribution >= 4 is 21.5 Å². The summed E-state index contributed by atoms with van der Waals surface area (Å²) in [4.78, 5) is 0. The molecule has 0 amide bonds. The number of fused-ring (bicyclic) bond motifs is 2. The molecule has 0 aromatic heterocycles. The summed E-state index contributed by atoms with van der Waals surface area (Å²) < 4.78 is 36.7. The molecule has 0 fully saturated rings. The topological polar surface area (TPSA) is 55.8 Å². The zero-order valence-corrected chi connectivity index (χ0v) is 18.4. The van der Waals surface area contributed by atoms with Crippen LogP contribution in [0.4, 0.5) is 11.4 Å². The molecule has 3 rings (SSSR count). The fourth-order valence-electron chi connectivity index (χ4n) is 3.42. The molecular formula is C23H31NO4S. The van der Waals surface area contributed by atoms with Gasteiger partial charge in [-0.25, -0.2) is 0 Å². The minimum atomic E-state index is -3.70. The lowest BCUT2D eigenvalue weighted by Crippen LogP contribution is -2.27. The molecule has 2 aromatic carbocycles. The quantitative estimate of drug-likeness (QED) is 0.455. The normalized spacial score (nSPS) is 13.0. The zero-order chi connectivity index (χ0) is 20.9. The van der Waals surface area contributed by atoms with Crippen molar-refractivity contribution in [2.24, 2.45) is 0 Å². The Balaban J connectivity index is 2.01. The fourth-order valence-corrected chi connectivity index (χ4v) is 4.38. The molecular weight excluding hydrogens is 386 g/mol. The Labute approximate surface area is 174 Å². The van der Waals surface area contributed by atoms with Crippen LogP contribution in [0.15, 0.2) is 36.4 Å². The third-order valence-corrected chi connectivity index (χ3v) is 6.27. The Kier molecular flexibility index (Phi) is 7.19. The van der Waals surface area contributed by atoms with E-state index in [2.05, 4.69) is 13.8 Å². The van der Waals surface area contributed by atoms with Gasteiger partial charge in [0, 0.05) is 0 Å². The average molecular weight is 418 g/mol. The molecule has 29 heavy (non-hydrogen) atoms. The maximum absolute atomic E-state index is 12.5. The van der Waals surface area contributed by atoms with E-state index in [4.69, 9.17) is 9.02 Å². The van der Waals surface area contributed by atoms with Gasteiger partial charge < -0.3 is 4.74 Å². The first kappa shape index (κ1) is 21.7. The molecule has 0 spiro atoms. The Morgan fingerprint density at radius 1 is 0.828 bits per heavy atom. The number of ether oxygens (including phenoxy) is 1. The van der Waals surface area contributed by atoms with Gasteiger partial charge in [-0.15, -0.1) is 4.28 Å². The molecule has 2 aromatic rings. The zero-order valence-electron chi connectivity index (χ0n) is 17.6. The lowest BCUT2D eigenvalue weighted by molar-refractivity contribution is 0.308. The van der Waals surface area contributed by atoms with Gasteiger partial charge >= 0.3 is 0 Å². The largest absolute Gasteiger partial charge is 0.453 e. The number of aryl methyl sites for hydroxylation is 2. The third-order valence-electron chi connectivity index (χ3n) is 4.99. The SMILES string of the molecule is CCCCc1ccc2c(c1)Oc1ccc(CCCC)cc1N2OS(=O)(=O)CCC. The maximum atomic E-state index is 12.5. The van der Waals surface area contributed by atoms with Crippen LogP contribution < -0.4 is 9.80 Å². The smallest absolute Gasteiger partial charge is 0.288 e. The highest BCUT2D eigenvalue weighted by Gasteiger charge is 2.30. The monoisotopic (exact) mass is 417 g/mol. The van der Waals surface area contributed by atoms with Crippen molar-refractivity contribution < 1.29 is 17.4 Å². The van der Waals surface area contributed by atoms with Crippen LogP contribution in [0.1, 0.15) is 64.0 Å². The van der Waals surface area contributed by atoms with E-state index in [0.29, 0.717) is 29.3 Å². The van der Waals surface area contributed by atoms with Gasteiger partial charge in [0.05, 0.1) is 5.75 Å². The number of nitrogens with zero attached hydrogens (tertiary/aromatic N) is 1. The minimum absolute atomic E-state index is 0.0286. The molecule has 158 valence electrons. The summed E-state index contributed by atoms with van der Waals surface area (Å²) >= 11 is 0. The summed E-state index contributed by atoms with van der Waals surface area (Å²) in [5, 5.41) is 1.43. The highest BCUT2D eigenvalue weighted by atomic mass is 32.2. The number of rotatable bonds is 10. The Morgan fingerprint density at radius 3 is 2.14 bits per heavy atom. The molecule has 0 radical (unpaired) electrons. The molecule has 0 atom stereocenters. The average Bonchev–Trinajstić information content (AvgIpc) is 2.70. The molecule has 1 aliphatic rings. The second-order valence-corrected chi connectivity index (χ2v) is 9.22. The van der Waals surface area contributed by atoms with Gasteiger partial charge in [0.15, 0.2) is 11.5 Å². The summed E-state index contributed by atoms with van der Waals surface area (Å²) in [6.45, 7) is 6.14. The van der Waals surface area contributed by atoms with E-state index in [0.717, 1.165) is 44.1 Å². The van der Waals surface area contributed by atoms with Crippen LogP contribution in [-0.2, 0) is 27.2 Å². The fraction of sp³-hybridized carbons (Fsp3) is 0.478. The summed E-state index contributed by atoms with van der Waals surface area (Å²) in [5.41, 5.74) is 3.56. The summed E-state index contributed by atoms with van der Waals surface area (Å²) in [7, 11) is -3.70. The number of unbranched alkanes of at least 4 members (excludes halogenated alkanes) is 2. The van der Waals surface area contributed by atoms with E-state index < -0.39 is 10.1 Å². The van der Waals surface area contributed by atoms with Gasteiger partial charge in [0.25, 0.3) is 10.1 Å². The van der Waals surface area contributed by atoms with Gasteiger partial charge in [-0.1, -0.05) is 45.7 Å². The molecule has 1 heterocycles. The number of benzene rings is 2. The van der Waals surface area contributed by atoms with Crippen LogP contribution in [0.3, 0.4) is 0 Å². The van der Waals surface area contributed by atoms with Gasteiger partial charge in [0.1, 0.15) is 11.4 Å². The second kappa shape index (κ2) is 9.63. The van der Waals surface area contributed by atoms with Gasteiger partial charge in [-0.05, 0) is 67.5 Å². The molecule has 1 aliphatic heterocycles. The van der Waals surface area contributed by atoms with Crippen molar-refractivity contribution in [1.29, 1.82) is 0 Å². The molecule has 0 aliphatic carbocycles. The molecule has 0 saturated carbocycles. The number of hydrogen-bond donors (Lipinski definition) is 0.